The molecule has 0 aliphatic heterocycles. The number of aliphatic hydroxyl groups excluding tert-OH is 1. The maximum Gasteiger partial charge on any atom is 0.312 e. The number of esters is 1. The summed E-state index contributed by atoms with van der Waals surface area (Å²) < 4.78 is 5.92. The van der Waals surface area contributed by atoms with E-state index in [2.05, 4.69) is 34.6 Å². The molecule has 4 saturated carbocycles. The molecule has 0 aromatic heterocycles. The zero-order chi connectivity index (χ0) is 30.3. The first-order chi connectivity index (χ1) is 19.7. The Bertz CT molecular complexity index is 1320. The summed E-state index contributed by atoms with van der Waals surface area (Å²) in [6.07, 6.45) is 11.0. The Morgan fingerprint density at radius 3 is 2.36 bits per heavy atom. The Kier molecular flexibility index (Phi) is 6.82. The molecule has 228 valence electrons. The fraction of sp³-hybridized carbons (Fsp3) is 0.703. The zero-order valence-electron chi connectivity index (χ0n) is 26.6. The highest BCUT2D eigenvalue weighted by atomic mass is 16.5. The van der Waals surface area contributed by atoms with Crippen molar-refractivity contribution in [3.05, 3.63) is 47.5 Å². The quantitative estimate of drug-likeness (QED) is 0.285. The Hall–Kier alpha value is -2.27. The van der Waals surface area contributed by atoms with Crippen LogP contribution in [0, 0.1) is 55.7 Å². The van der Waals surface area contributed by atoms with Gasteiger partial charge in [0.05, 0.1) is 11.5 Å². The van der Waals surface area contributed by atoms with Crippen molar-refractivity contribution in [1.82, 2.24) is 0 Å². The molecular formula is C37H51NO4. The molecule has 5 aliphatic rings. The predicted octanol–water partition coefficient (Wildman–Crippen LogP) is 7.70. The smallest absolute Gasteiger partial charge is 0.312 e. The third kappa shape index (κ3) is 3.94. The van der Waals surface area contributed by atoms with E-state index < -0.39 is 16.9 Å². The van der Waals surface area contributed by atoms with Crippen molar-refractivity contribution in [1.29, 1.82) is 5.41 Å². The van der Waals surface area contributed by atoms with Crippen molar-refractivity contribution < 1.29 is 19.4 Å². The Balaban J connectivity index is 1.34. The topological polar surface area (TPSA) is 87.5 Å². The van der Waals surface area contributed by atoms with E-state index in [1.807, 2.05) is 43.3 Å². The lowest BCUT2D eigenvalue weighted by Gasteiger charge is -2.70. The lowest BCUT2D eigenvalue weighted by molar-refractivity contribution is -0.193. The van der Waals surface area contributed by atoms with E-state index >= 15 is 0 Å². The molecule has 0 saturated heterocycles. The van der Waals surface area contributed by atoms with Gasteiger partial charge in [0.25, 0.3) is 0 Å². The molecule has 0 heterocycles. The van der Waals surface area contributed by atoms with Gasteiger partial charge in [0.2, 0.25) is 0 Å². The minimum Gasteiger partial charge on any atom is -0.460 e. The van der Waals surface area contributed by atoms with E-state index in [0.29, 0.717) is 13.0 Å². The Labute approximate surface area is 252 Å². The maximum absolute atomic E-state index is 14.5. The molecule has 10 atom stereocenters. The molecule has 1 unspecified atom stereocenters. The van der Waals surface area contributed by atoms with Gasteiger partial charge in [-0.25, -0.2) is 0 Å². The molecular weight excluding hydrogens is 522 g/mol. The second-order valence-electron chi connectivity index (χ2n) is 16.4. The van der Waals surface area contributed by atoms with Gasteiger partial charge in [-0.3, -0.25) is 9.59 Å². The summed E-state index contributed by atoms with van der Waals surface area (Å²) >= 11 is 0. The molecule has 4 fully saturated rings. The van der Waals surface area contributed by atoms with E-state index in [1.165, 1.54) is 11.8 Å². The van der Waals surface area contributed by atoms with E-state index in [9.17, 15) is 14.7 Å². The number of allylic oxidation sites excluding steroid dienone is 2. The summed E-state index contributed by atoms with van der Waals surface area (Å²) in [5, 5.41) is 19.3. The highest BCUT2D eigenvalue weighted by Crippen LogP contribution is 2.75. The number of benzene rings is 1. The van der Waals surface area contributed by atoms with Crippen molar-refractivity contribution in [2.24, 2.45) is 50.2 Å². The van der Waals surface area contributed by atoms with Crippen LogP contribution in [0.4, 0.5) is 0 Å². The minimum atomic E-state index is -0.601. The van der Waals surface area contributed by atoms with Gasteiger partial charge >= 0.3 is 5.97 Å². The number of rotatable bonds is 4. The van der Waals surface area contributed by atoms with Gasteiger partial charge in [0.15, 0.2) is 5.78 Å². The van der Waals surface area contributed by atoms with Crippen molar-refractivity contribution >= 4 is 18.0 Å². The van der Waals surface area contributed by atoms with Gasteiger partial charge in [-0.1, -0.05) is 70.5 Å². The fourth-order valence-electron chi connectivity index (χ4n) is 11.2. The van der Waals surface area contributed by atoms with Crippen LogP contribution in [0.2, 0.25) is 0 Å². The number of fused-ring (bicyclic) bond motifs is 7. The van der Waals surface area contributed by atoms with Gasteiger partial charge in [-0.05, 0) is 110 Å². The van der Waals surface area contributed by atoms with Gasteiger partial charge in [-0.15, -0.1) is 0 Å². The number of aliphatic hydroxyl groups is 1. The van der Waals surface area contributed by atoms with Crippen LogP contribution in [0.15, 0.2) is 42.0 Å². The van der Waals surface area contributed by atoms with Crippen LogP contribution < -0.4 is 0 Å². The Morgan fingerprint density at radius 2 is 1.67 bits per heavy atom. The SMILES string of the molecule is C[C@]1(C(=O)OCc2ccccc2)CC[C@]2(C)CC[C@]3(C)C(=CC(=O)[C@@H]4[C@@]5(C)CC[C@H](O)[C@@](C)(C=N)C5CC[C@]43C)[C@@H]2C1. The number of carbonyl (C=O) groups is 2. The van der Waals surface area contributed by atoms with Gasteiger partial charge in [-0.2, -0.15) is 0 Å². The lowest BCUT2D eigenvalue weighted by atomic mass is 9.33. The van der Waals surface area contributed by atoms with Gasteiger partial charge in [0.1, 0.15) is 6.61 Å². The average molecular weight is 574 g/mol. The Morgan fingerprint density at radius 1 is 0.976 bits per heavy atom. The number of ketones is 1. The second-order valence-corrected chi connectivity index (χ2v) is 16.4. The van der Waals surface area contributed by atoms with Crippen LogP contribution in [-0.2, 0) is 20.9 Å². The summed E-state index contributed by atoms with van der Waals surface area (Å²) in [5.74, 6) is 0.278. The third-order valence-corrected chi connectivity index (χ3v) is 14.3. The normalized spacial score (nSPS) is 48.1. The molecule has 42 heavy (non-hydrogen) atoms. The van der Waals surface area contributed by atoms with Crippen LogP contribution in [0.25, 0.3) is 0 Å². The zero-order valence-corrected chi connectivity index (χ0v) is 26.6. The molecule has 0 spiro atoms. The first-order valence-corrected chi connectivity index (χ1v) is 16.3. The first kappa shape index (κ1) is 29.8. The predicted molar refractivity (Wildman–Crippen MR) is 165 cm³/mol. The van der Waals surface area contributed by atoms with E-state index in [0.717, 1.165) is 56.9 Å². The number of ether oxygens (including phenoxy) is 1. The maximum atomic E-state index is 14.5. The largest absolute Gasteiger partial charge is 0.460 e. The summed E-state index contributed by atoms with van der Waals surface area (Å²) in [5.41, 5.74) is 0.588. The summed E-state index contributed by atoms with van der Waals surface area (Å²) in [6.45, 7) is 13.9. The molecule has 6 rings (SSSR count). The first-order valence-electron chi connectivity index (χ1n) is 16.3. The van der Waals surface area contributed by atoms with Crippen molar-refractivity contribution in [2.45, 2.75) is 112 Å². The van der Waals surface area contributed by atoms with Crippen LogP contribution in [0.3, 0.4) is 0 Å². The average Bonchev–Trinajstić information content (AvgIpc) is 2.96. The van der Waals surface area contributed by atoms with Crippen LogP contribution in [0.1, 0.15) is 105 Å². The van der Waals surface area contributed by atoms with Crippen molar-refractivity contribution in [3.8, 4) is 0 Å². The van der Waals surface area contributed by atoms with Crippen LogP contribution in [0.5, 0.6) is 0 Å². The van der Waals surface area contributed by atoms with E-state index in [1.54, 1.807) is 0 Å². The molecule has 0 bridgehead atoms. The van der Waals surface area contributed by atoms with E-state index in [-0.39, 0.29) is 51.2 Å². The number of nitrogens with one attached hydrogen (secondary N) is 1. The van der Waals surface area contributed by atoms with Crippen LogP contribution >= 0.6 is 0 Å². The lowest BCUT2D eigenvalue weighted by Crippen LogP contribution is -2.67. The minimum absolute atomic E-state index is 0.0723. The molecule has 2 N–H and O–H groups in total. The molecule has 1 aromatic carbocycles. The number of carbonyl (C=O) groups excluding carboxylic acids is 2. The molecule has 0 amide bonds. The highest BCUT2D eigenvalue weighted by molar-refractivity contribution is 5.96. The fourth-order valence-corrected chi connectivity index (χ4v) is 11.2. The summed E-state index contributed by atoms with van der Waals surface area (Å²) in [7, 11) is 0. The summed E-state index contributed by atoms with van der Waals surface area (Å²) in [4.78, 5) is 28.2. The monoisotopic (exact) mass is 573 g/mol. The highest BCUT2D eigenvalue weighted by Gasteiger charge is 2.70. The van der Waals surface area contributed by atoms with Crippen LogP contribution in [-0.4, -0.2) is 29.2 Å². The standard InChI is InChI=1S/C37H51NO4/c1-32-16-17-33(2,31(41)42-22-24-10-8-7-9-11-24)21-26(32)25-20-27(39)30-34(3)14-13-29(40)35(4,23-38)28(34)12-15-37(30,6)36(25,5)19-18-32/h7-11,20,23,26,28-30,38,40H,12-19,21-22H2,1-6H3/t26-,28?,29-,30+,32+,33-,34-,35-,36+,37+/m0/s1. The van der Waals surface area contributed by atoms with E-state index in [4.69, 9.17) is 10.1 Å². The molecule has 5 nitrogen and oxygen atoms in total. The van der Waals surface area contributed by atoms with Gasteiger partial charge in [0, 0.05) is 17.5 Å². The molecule has 5 aliphatic carbocycles. The van der Waals surface area contributed by atoms with Gasteiger partial charge < -0.3 is 15.3 Å². The summed E-state index contributed by atoms with van der Waals surface area (Å²) in [6, 6.07) is 9.88. The molecule has 5 heteroatoms. The number of hydrogen-bond donors (Lipinski definition) is 2. The second kappa shape index (κ2) is 9.61. The third-order valence-electron chi connectivity index (χ3n) is 14.3. The molecule has 0 radical (unpaired) electrons. The van der Waals surface area contributed by atoms with Crippen molar-refractivity contribution in [3.63, 3.8) is 0 Å². The number of hydrogen-bond acceptors (Lipinski definition) is 5. The molecule has 1 aromatic rings. The van der Waals surface area contributed by atoms with Crippen molar-refractivity contribution in [2.75, 3.05) is 0 Å².